The van der Waals surface area contributed by atoms with Crippen molar-refractivity contribution in [1.82, 2.24) is 10.3 Å². The van der Waals surface area contributed by atoms with Crippen LogP contribution >= 0.6 is 22.9 Å². The van der Waals surface area contributed by atoms with E-state index in [9.17, 15) is 14.0 Å². The number of thiophene rings is 1. The lowest BCUT2D eigenvalue weighted by atomic mass is 10.2. The normalized spacial score (nSPS) is 10.6. The number of anilines is 1. The monoisotopic (exact) mass is 495 g/mol. The second kappa shape index (κ2) is 10.5. The Labute approximate surface area is 204 Å². The van der Waals surface area contributed by atoms with Crippen LogP contribution in [0.4, 0.5) is 9.39 Å². The van der Waals surface area contributed by atoms with Gasteiger partial charge in [0.1, 0.15) is 5.75 Å². The maximum atomic E-state index is 14.4. The zero-order valence-electron chi connectivity index (χ0n) is 18.0. The molecule has 0 unspecified atom stereocenters. The highest BCUT2D eigenvalue weighted by Crippen LogP contribution is 2.28. The number of carbonyl (C=O) groups is 2. The number of aromatic nitrogens is 1. The second-order valence-electron chi connectivity index (χ2n) is 7.29. The molecule has 2 aromatic carbocycles. The molecule has 34 heavy (non-hydrogen) atoms. The number of nitrogens with zero attached hydrogens (tertiary/aromatic N) is 1. The fourth-order valence-electron chi connectivity index (χ4n) is 3.13. The Morgan fingerprint density at radius 3 is 2.65 bits per heavy atom. The van der Waals surface area contributed by atoms with Gasteiger partial charge >= 0.3 is 0 Å². The summed E-state index contributed by atoms with van der Waals surface area (Å²) in [6.07, 6.45) is 3.09. The highest BCUT2D eigenvalue weighted by Gasteiger charge is 2.17. The van der Waals surface area contributed by atoms with Crippen LogP contribution in [0.2, 0.25) is 5.02 Å². The zero-order chi connectivity index (χ0) is 24.1. The highest BCUT2D eigenvalue weighted by molar-refractivity contribution is 7.18. The molecule has 9 heteroatoms. The predicted octanol–water partition coefficient (Wildman–Crippen LogP) is 6.22. The van der Waals surface area contributed by atoms with E-state index in [-0.39, 0.29) is 24.1 Å². The first-order chi connectivity index (χ1) is 16.4. The van der Waals surface area contributed by atoms with E-state index in [4.69, 9.17) is 16.3 Å². The van der Waals surface area contributed by atoms with E-state index in [1.54, 1.807) is 61.7 Å². The van der Waals surface area contributed by atoms with Gasteiger partial charge in [0, 0.05) is 12.7 Å². The zero-order valence-corrected chi connectivity index (χ0v) is 19.5. The van der Waals surface area contributed by atoms with Gasteiger partial charge in [-0.3, -0.25) is 14.6 Å². The molecule has 0 aliphatic rings. The summed E-state index contributed by atoms with van der Waals surface area (Å²) in [5.74, 6) is -0.740. The Morgan fingerprint density at radius 1 is 1.09 bits per heavy atom. The number of halogens is 2. The number of hydrogen-bond acceptors (Lipinski definition) is 5. The number of carbonyl (C=O) groups excluding carboxylic acids is 2. The third kappa shape index (κ3) is 5.59. The lowest BCUT2D eigenvalue weighted by Crippen LogP contribution is -2.22. The lowest BCUT2D eigenvalue weighted by molar-refractivity contribution is 0.0953. The molecule has 2 heterocycles. The lowest BCUT2D eigenvalue weighted by Gasteiger charge is -2.09. The third-order valence-corrected chi connectivity index (χ3v) is 6.27. The summed E-state index contributed by atoms with van der Waals surface area (Å²) in [7, 11) is 0. The van der Waals surface area contributed by atoms with E-state index < -0.39 is 5.82 Å². The fourth-order valence-corrected chi connectivity index (χ4v) is 4.33. The van der Waals surface area contributed by atoms with Crippen molar-refractivity contribution in [1.29, 1.82) is 0 Å². The van der Waals surface area contributed by atoms with Crippen molar-refractivity contribution in [3.05, 3.63) is 105 Å². The van der Waals surface area contributed by atoms with Gasteiger partial charge in [-0.25, -0.2) is 4.39 Å². The van der Waals surface area contributed by atoms with Gasteiger partial charge in [-0.15, -0.1) is 11.3 Å². The summed E-state index contributed by atoms with van der Waals surface area (Å²) < 4.78 is 19.9. The number of nitrogens with one attached hydrogen (secondary N) is 2. The molecular weight excluding hydrogens is 477 g/mol. The Balaban J connectivity index is 1.38. The first-order valence-electron chi connectivity index (χ1n) is 10.2. The number of hydrogen-bond donors (Lipinski definition) is 2. The summed E-state index contributed by atoms with van der Waals surface area (Å²) in [5.41, 5.74) is 1.63. The van der Waals surface area contributed by atoms with E-state index in [1.165, 1.54) is 18.3 Å². The molecule has 0 fully saturated rings. The summed E-state index contributed by atoms with van der Waals surface area (Å²) in [5, 5.41) is 6.42. The van der Waals surface area contributed by atoms with Crippen molar-refractivity contribution in [2.45, 2.75) is 13.5 Å². The van der Waals surface area contributed by atoms with E-state index in [1.807, 2.05) is 0 Å². The van der Waals surface area contributed by atoms with Crippen LogP contribution in [-0.4, -0.2) is 16.8 Å². The van der Waals surface area contributed by atoms with Gasteiger partial charge in [0.15, 0.2) is 11.6 Å². The minimum atomic E-state index is -0.549. The summed E-state index contributed by atoms with van der Waals surface area (Å²) in [4.78, 5) is 29.5. The molecular formula is C25H19ClFN3O3S. The van der Waals surface area contributed by atoms with Crippen LogP contribution in [-0.2, 0) is 6.54 Å². The van der Waals surface area contributed by atoms with Crippen molar-refractivity contribution >= 4 is 39.8 Å². The summed E-state index contributed by atoms with van der Waals surface area (Å²) >= 11 is 7.23. The molecule has 0 saturated heterocycles. The first-order valence-corrected chi connectivity index (χ1v) is 11.4. The highest BCUT2D eigenvalue weighted by atomic mass is 35.5. The van der Waals surface area contributed by atoms with E-state index in [0.29, 0.717) is 37.3 Å². The smallest absolute Gasteiger partial charge is 0.261 e. The number of rotatable bonds is 7. The Hall–Kier alpha value is -3.75. The molecule has 4 rings (SSSR count). The van der Waals surface area contributed by atoms with Gasteiger partial charge in [-0.05, 0) is 60.5 Å². The minimum absolute atomic E-state index is 0.0658. The van der Waals surface area contributed by atoms with Gasteiger partial charge in [-0.1, -0.05) is 29.8 Å². The van der Waals surface area contributed by atoms with Gasteiger partial charge in [0.2, 0.25) is 0 Å². The van der Waals surface area contributed by atoms with Crippen molar-refractivity contribution in [2.75, 3.05) is 5.32 Å². The van der Waals surface area contributed by atoms with E-state index in [0.717, 1.165) is 11.3 Å². The quantitative estimate of drug-likeness (QED) is 0.319. The summed E-state index contributed by atoms with van der Waals surface area (Å²) in [6, 6.07) is 16.3. The molecule has 2 N–H and O–H groups in total. The number of amides is 2. The maximum Gasteiger partial charge on any atom is 0.261 e. The molecule has 0 spiro atoms. The van der Waals surface area contributed by atoms with Gasteiger partial charge in [0.05, 0.1) is 26.7 Å². The van der Waals surface area contributed by atoms with Crippen LogP contribution < -0.4 is 15.4 Å². The van der Waals surface area contributed by atoms with Crippen LogP contribution in [0, 0.1) is 12.7 Å². The summed E-state index contributed by atoms with van der Waals surface area (Å²) in [6.45, 7) is 1.91. The minimum Gasteiger partial charge on any atom is -0.453 e. The Kier molecular flexibility index (Phi) is 7.20. The maximum absolute atomic E-state index is 14.4. The Bertz CT molecular complexity index is 1340. The average molecular weight is 496 g/mol. The molecule has 2 amide bonds. The molecule has 0 aliphatic heterocycles. The molecule has 0 aliphatic carbocycles. The first kappa shape index (κ1) is 23.4. The molecule has 2 aromatic heterocycles. The fraction of sp³-hybridized carbons (Fsp3) is 0.0800. The average Bonchev–Trinajstić information content (AvgIpc) is 3.20. The van der Waals surface area contributed by atoms with Gasteiger partial charge < -0.3 is 15.4 Å². The number of benzene rings is 2. The van der Waals surface area contributed by atoms with E-state index >= 15 is 0 Å². The SMILES string of the molecule is Cc1cc(NC(=O)c2ccccc2Cl)sc1C(=O)NCc1ccc(Oc2cccnc2)c(F)c1. The second-order valence-corrected chi connectivity index (χ2v) is 8.75. The van der Waals surface area contributed by atoms with Crippen molar-refractivity contribution in [3.63, 3.8) is 0 Å². The van der Waals surface area contributed by atoms with Crippen molar-refractivity contribution < 1.29 is 18.7 Å². The van der Waals surface area contributed by atoms with Crippen LogP contribution in [0.1, 0.15) is 31.2 Å². The van der Waals surface area contributed by atoms with Crippen molar-refractivity contribution in [3.8, 4) is 11.5 Å². The molecule has 0 bridgehead atoms. The molecule has 0 saturated carbocycles. The number of pyridine rings is 1. The topological polar surface area (TPSA) is 80.3 Å². The van der Waals surface area contributed by atoms with Crippen LogP contribution in [0.5, 0.6) is 11.5 Å². The molecule has 4 aromatic rings. The van der Waals surface area contributed by atoms with E-state index in [2.05, 4.69) is 15.6 Å². The predicted molar refractivity (Wildman–Crippen MR) is 130 cm³/mol. The van der Waals surface area contributed by atoms with Crippen LogP contribution in [0.3, 0.4) is 0 Å². The van der Waals surface area contributed by atoms with Gasteiger partial charge in [0.25, 0.3) is 11.8 Å². The number of aryl methyl sites for hydroxylation is 1. The largest absolute Gasteiger partial charge is 0.453 e. The Morgan fingerprint density at radius 2 is 1.91 bits per heavy atom. The molecule has 0 radical (unpaired) electrons. The van der Waals surface area contributed by atoms with Crippen LogP contribution in [0.15, 0.2) is 73.1 Å². The van der Waals surface area contributed by atoms with Crippen LogP contribution in [0.25, 0.3) is 0 Å². The molecule has 6 nitrogen and oxygen atoms in total. The van der Waals surface area contributed by atoms with Gasteiger partial charge in [-0.2, -0.15) is 0 Å². The van der Waals surface area contributed by atoms with Crippen molar-refractivity contribution in [2.24, 2.45) is 0 Å². The number of ether oxygens (including phenoxy) is 1. The third-order valence-electron chi connectivity index (χ3n) is 4.79. The molecule has 0 atom stereocenters. The standard InChI is InChI=1S/C25H19ClFN3O3S/c1-15-11-22(30-24(31)18-6-2-3-7-19(18)26)34-23(15)25(32)29-13-16-8-9-21(20(27)12-16)33-17-5-4-10-28-14-17/h2-12,14H,13H2,1H3,(H,29,32)(H,30,31). The molecule has 172 valence electrons.